The summed E-state index contributed by atoms with van der Waals surface area (Å²) in [7, 11) is 3.51. The third-order valence-corrected chi connectivity index (χ3v) is 7.60. The number of ether oxygens (including phenoxy) is 2. The van der Waals surface area contributed by atoms with Gasteiger partial charge in [0, 0.05) is 52.4 Å². The van der Waals surface area contributed by atoms with Gasteiger partial charge in [0.15, 0.2) is 11.6 Å². The number of imidazole rings is 1. The minimum Gasteiger partial charge on any atom is -0.453 e. The molecule has 0 aliphatic carbocycles. The first-order valence-corrected chi connectivity index (χ1v) is 14.4. The molecule has 0 unspecified atom stereocenters. The van der Waals surface area contributed by atoms with Crippen molar-refractivity contribution >= 4 is 33.4 Å². The largest absolute Gasteiger partial charge is 0.453 e. The van der Waals surface area contributed by atoms with Crippen LogP contribution in [-0.4, -0.2) is 58.1 Å². The molecule has 3 aromatic heterocycles. The number of amides is 2. The van der Waals surface area contributed by atoms with Crippen LogP contribution in [-0.2, 0) is 29.5 Å². The summed E-state index contributed by atoms with van der Waals surface area (Å²) < 4.78 is 28.8. The van der Waals surface area contributed by atoms with Crippen LogP contribution in [0.15, 0.2) is 42.7 Å². The summed E-state index contributed by atoms with van der Waals surface area (Å²) >= 11 is 1.44. The van der Waals surface area contributed by atoms with Gasteiger partial charge in [-0.25, -0.2) is 14.2 Å². The molecule has 0 aliphatic rings. The number of methoxy groups -OCH3 is 1. The standard InChI is InChI=1S/C30H36FN5O4S/c1-6-32-30(38)36(11-12-39-5)18-21-17-34-29(35(21)4)27-16-24-28(41-27)26(9-10-33-24)40-25-8-7-20(15-23(25)31)14-22(37)13-19(2)3/h7-10,15-17,19H,6,11-14,18H2,1-5H3,(H,32,38). The summed E-state index contributed by atoms with van der Waals surface area (Å²) in [6.07, 6.45) is 4.04. The average Bonchev–Trinajstić information content (AvgIpc) is 3.51. The van der Waals surface area contributed by atoms with Gasteiger partial charge in [0.05, 0.1) is 40.1 Å². The van der Waals surface area contributed by atoms with Crippen LogP contribution in [0.2, 0.25) is 0 Å². The van der Waals surface area contributed by atoms with Gasteiger partial charge >= 0.3 is 6.03 Å². The van der Waals surface area contributed by atoms with Crippen LogP contribution in [0.3, 0.4) is 0 Å². The molecule has 1 N–H and O–H groups in total. The van der Waals surface area contributed by atoms with E-state index in [1.165, 1.54) is 17.4 Å². The van der Waals surface area contributed by atoms with E-state index in [9.17, 15) is 14.0 Å². The molecule has 9 nitrogen and oxygen atoms in total. The molecule has 0 bridgehead atoms. The van der Waals surface area contributed by atoms with Gasteiger partial charge in [0.25, 0.3) is 0 Å². The highest BCUT2D eigenvalue weighted by Gasteiger charge is 2.19. The van der Waals surface area contributed by atoms with E-state index in [1.54, 1.807) is 42.6 Å². The van der Waals surface area contributed by atoms with Crippen molar-refractivity contribution in [1.29, 1.82) is 0 Å². The number of ketones is 1. The second kappa shape index (κ2) is 13.7. The number of pyridine rings is 1. The Labute approximate surface area is 243 Å². The van der Waals surface area contributed by atoms with Crippen LogP contribution in [0.25, 0.3) is 20.9 Å². The first-order chi connectivity index (χ1) is 19.7. The predicted molar refractivity (Wildman–Crippen MR) is 158 cm³/mol. The van der Waals surface area contributed by atoms with E-state index in [0.717, 1.165) is 21.1 Å². The van der Waals surface area contributed by atoms with E-state index >= 15 is 0 Å². The summed E-state index contributed by atoms with van der Waals surface area (Å²) in [5.41, 5.74) is 2.18. The molecule has 0 fully saturated rings. The Morgan fingerprint density at radius 1 is 1.17 bits per heavy atom. The Bertz CT molecular complexity index is 1520. The van der Waals surface area contributed by atoms with Crippen LogP contribution in [0.1, 0.15) is 38.4 Å². The lowest BCUT2D eigenvalue weighted by Gasteiger charge is -2.22. The molecule has 218 valence electrons. The maximum atomic E-state index is 15.0. The molecule has 0 saturated heterocycles. The summed E-state index contributed by atoms with van der Waals surface area (Å²) in [5.74, 6) is 1.09. The Morgan fingerprint density at radius 2 is 1.98 bits per heavy atom. The number of benzene rings is 1. The predicted octanol–water partition coefficient (Wildman–Crippen LogP) is 5.96. The number of Topliss-reactive ketones (excluding diaryl/α,β-unsaturated/α-hetero) is 1. The lowest BCUT2D eigenvalue weighted by atomic mass is 10.0. The number of hydrogen-bond donors (Lipinski definition) is 1. The van der Waals surface area contributed by atoms with Gasteiger partial charge in [-0.15, -0.1) is 11.3 Å². The van der Waals surface area contributed by atoms with Crippen molar-refractivity contribution in [2.45, 2.75) is 40.2 Å². The Kier molecular flexibility index (Phi) is 10.1. The molecule has 4 aromatic rings. The third kappa shape index (κ3) is 7.47. The van der Waals surface area contributed by atoms with Gasteiger partial charge in [-0.05, 0) is 36.6 Å². The van der Waals surface area contributed by atoms with Gasteiger partial charge in [-0.3, -0.25) is 9.78 Å². The van der Waals surface area contributed by atoms with Crippen molar-refractivity contribution in [2.24, 2.45) is 13.0 Å². The maximum absolute atomic E-state index is 15.0. The van der Waals surface area contributed by atoms with Crippen LogP contribution < -0.4 is 10.1 Å². The number of carbonyl (C=O) groups excluding carboxylic acids is 2. The molecule has 0 aliphatic heterocycles. The number of hydrogen-bond acceptors (Lipinski definition) is 7. The van der Waals surface area contributed by atoms with Crippen molar-refractivity contribution in [2.75, 3.05) is 26.8 Å². The monoisotopic (exact) mass is 581 g/mol. The van der Waals surface area contributed by atoms with Crippen LogP contribution in [0.4, 0.5) is 9.18 Å². The average molecular weight is 582 g/mol. The number of urea groups is 1. The minimum atomic E-state index is -0.527. The Morgan fingerprint density at radius 3 is 2.68 bits per heavy atom. The number of nitrogens with zero attached hydrogens (tertiary/aromatic N) is 4. The number of aromatic nitrogens is 3. The number of fused-ring (bicyclic) bond motifs is 1. The number of nitrogens with one attached hydrogen (secondary N) is 1. The summed E-state index contributed by atoms with van der Waals surface area (Å²) in [6, 6.07) is 8.10. The summed E-state index contributed by atoms with van der Waals surface area (Å²) in [4.78, 5) is 36.3. The number of carbonyl (C=O) groups is 2. The smallest absolute Gasteiger partial charge is 0.317 e. The van der Waals surface area contributed by atoms with Crippen LogP contribution >= 0.6 is 11.3 Å². The number of rotatable bonds is 13. The zero-order valence-corrected chi connectivity index (χ0v) is 24.9. The highest BCUT2D eigenvalue weighted by atomic mass is 32.1. The van der Waals surface area contributed by atoms with Crippen molar-refractivity contribution in [3.63, 3.8) is 0 Å². The number of thiophene rings is 1. The first-order valence-electron chi connectivity index (χ1n) is 13.6. The number of halogens is 1. The van der Waals surface area contributed by atoms with Crippen molar-refractivity contribution in [1.82, 2.24) is 24.8 Å². The summed E-state index contributed by atoms with van der Waals surface area (Å²) in [6.45, 7) is 7.62. The second-order valence-corrected chi connectivity index (χ2v) is 11.2. The van der Waals surface area contributed by atoms with Crippen molar-refractivity contribution < 1.29 is 23.5 Å². The molecule has 0 spiro atoms. The van der Waals surface area contributed by atoms with Gasteiger partial charge in [0.2, 0.25) is 0 Å². The molecule has 3 heterocycles. The fourth-order valence-corrected chi connectivity index (χ4v) is 5.55. The zero-order chi connectivity index (χ0) is 29.5. The molecular weight excluding hydrogens is 545 g/mol. The van der Waals surface area contributed by atoms with Crippen molar-refractivity contribution in [3.05, 3.63) is 59.8 Å². The molecule has 11 heteroatoms. The fourth-order valence-electron chi connectivity index (χ4n) is 4.45. The summed E-state index contributed by atoms with van der Waals surface area (Å²) in [5, 5.41) is 2.84. The zero-order valence-electron chi connectivity index (χ0n) is 24.1. The van der Waals surface area contributed by atoms with E-state index in [2.05, 4.69) is 15.3 Å². The topological polar surface area (TPSA) is 98.6 Å². The molecule has 41 heavy (non-hydrogen) atoms. The fraction of sp³-hybridized carbons (Fsp3) is 0.400. The highest BCUT2D eigenvalue weighted by molar-refractivity contribution is 7.22. The van der Waals surface area contributed by atoms with Crippen LogP contribution in [0.5, 0.6) is 11.5 Å². The van der Waals surface area contributed by atoms with Crippen molar-refractivity contribution in [3.8, 4) is 22.2 Å². The molecule has 4 rings (SSSR count). The molecular formula is C30H36FN5O4S. The quantitative estimate of drug-likeness (QED) is 0.209. The molecule has 1 aromatic carbocycles. The van der Waals surface area contributed by atoms with E-state index in [-0.39, 0.29) is 29.9 Å². The third-order valence-electron chi connectivity index (χ3n) is 6.47. The SMILES string of the molecule is CCNC(=O)N(CCOC)Cc1cnc(-c2cc3nccc(Oc4ccc(CC(=O)CC(C)C)cc4F)c3s2)n1C. The van der Waals surface area contributed by atoms with E-state index in [1.807, 2.05) is 38.5 Å². The molecule has 0 atom stereocenters. The lowest BCUT2D eigenvalue weighted by molar-refractivity contribution is -0.119. The van der Waals surface area contributed by atoms with Crippen LogP contribution in [0, 0.1) is 11.7 Å². The molecule has 0 radical (unpaired) electrons. The normalized spacial score (nSPS) is 11.3. The van der Waals surface area contributed by atoms with Gasteiger partial charge in [-0.1, -0.05) is 19.9 Å². The minimum absolute atomic E-state index is 0.0771. The lowest BCUT2D eigenvalue weighted by Crippen LogP contribution is -2.41. The van der Waals surface area contributed by atoms with Gasteiger partial charge < -0.3 is 24.3 Å². The Hall–Kier alpha value is -3.83. The maximum Gasteiger partial charge on any atom is 0.317 e. The van der Waals surface area contributed by atoms with Gasteiger partial charge in [-0.2, -0.15) is 0 Å². The van der Waals surface area contributed by atoms with E-state index < -0.39 is 5.82 Å². The van der Waals surface area contributed by atoms with E-state index in [4.69, 9.17) is 9.47 Å². The Balaban J connectivity index is 1.55. The molecule has 0 saturated carbocycles. The van der Waals surface area contributed by atoms with E-state index in [0.29, 0.717) is 49.5 Å². The highest BCUT2D eigenvalue weighted by Crippen LogP contribution is 2.39. The second-order valence-electron chi connectivity index (χ2n) is 10.2. The molecule has 2 amide bonds. The first kappa shape index (κ1) is 30.1. The van der Waals surface area contributed by atoms with Gasteiger partial charge in [0.1, 0.15) is 17.4 Å².